The second kappa shape index (κ2) is 9.62. The summed E-state index contributed by atoms with van der Waals surface area (Å²) in [6.07, 6.45) is 1.37. The number of halogens is 1. The first-order valence-corrected chi connectivity index (χ1v) is 8.92. The monoisotopic (exact) mass is 399 g/mol. The number of hydrogen-bond donors (Lipinski definition) is 1. The average molecular weight is 400 g/mol. The van der Waals surface area contributed by atoms with Crippen LogP contribution < -0.4 is 10.1 Å². The fourth-order valence-corrected chi connectivity index (χ4v) is 2.61. The van der Waals surface area contributed by atoms with Crippen LogP contribution >= 0.6 is 11.6 Å². The molecule has 1 N–H and O–H groups in total. The Morgan fingerprint density at radius 2 is 1.86 bits per heavy atom. The van der Waals surface area contributed by atoms with Crippen molar-refractivity contribution in [2.75, 3.05) is 6.61 Å². The molecule has 0 atom stereocenters. The SMILES string of the molecule is O=C(COC(=O)c1occc1COc1ccccc1)NCc1cccc(Cl)c1. The molecule has 1 aromatic heterocycles. The Labute approximate surface area is 167 Å². The molecule has 0 aliphatic heterocycles. The molecular weight excluding hydrogens is 382 g/mol. The predicted molar refractivity (Wildman–Crippen MR) is 103 cm³/mol. The van der Waals surface area contributed by atoms with Crippen molar-refractivity contribution in [1.29, 1.82) is 0 Å². The number of para-hydroxylation sites is 1. The fourth-order valence-electron chi connectivity index (χ4n) is 2.40. The van der Waals surface area contributed by atoms with E-state index >= 15 is 0 Å². The Bertz CT molecular complexity index is 939. The van der Waals surface area contributed by atoms with Gasteiger partial charge in [0.25, 0.3) is 5.91 Å². The van der Waals surface area contributed by atoms with Crippen molar-refractivity contribution in [3.8, 4) is 5.75 Å². The van der Waals surface area contributed by atoms with Crippen LogP contribution in [0.2, 0.25) is 5.02 Å². The highest BCUT2D eigenvalue weighted by Crippen LogP contribution is 2.16. The number of carbonyl (C=O) groups excluding carboxylic acids is 2. The van der Waals surface area contributed by atoms with Gasteiger partial charge in [-0.2, -0.15) is 0 Å². The van der Waals surface area contributed by atoms with Crippen LogP contribution in [0.25, 0.3) is 0 Å². The molecule has 7 heteroatoms. The average Bonchev–Trinajstić information content (AvgIpc) is 3.18. The number of carbonyl (C=O) groups is 2. The number of amides is 1. The molecule has 0 unspecified atom stereocenters. The maximum atomic E-state index is 12.2. The highest BCUT2D eigenvalue weighted by Gasteiger charge is 2.18. The van der Waals surface area contributed by atoms with Gasteiger partial charge < -0.3 is 19.2 Å². The fraction of sp³-hybridized carbons (Fsp3) is 0.143. The zero-order valence-corrected chi connectivity index (χ0v) is 15.6. The maximum absolute atomic E-state index is 12.2. The molecule has 0 aliphatic rings. The van der Waals surface area contributed by atoms with Crippen molar-refractivity contribution in [2.24, 2.45) is 0 Å². The molecule has 28 heavy (non-hydrogen) atoms. The van der Waals surface area contributed by atoms with E-state index in [1.54, 1.807) is 24.3 Å². The molecule has 0 aliphatic carbocycles. The summed E-state index contributed by atoms with van der Waals surface area (Å²) in [6, 6.07) is 17.9. The minimum Gasteiger partial charge on any atom is -0.489 e. The largest absolute Gasteiger partial charge is 0.489 e. The number of hydrogen-bond acceptors (Lipinski definition) is 5. The smallest absolute Gasteiger partial charge is 0.375 e. The Morgan fingerprint density at radius 1 is 1.04 bits per heavy atom. The lowest BCUT2D eigenvalue weighted by Crippen LogP contribution is -2.28. The summed E-state index contributed by atoms with van der Waals surface area (Å²) in [5.41, 5.74) is 1.38. The summed E-state index contributed by atoms with van der Waals surface area (Å²) in [4.78, 5) is 24.1. The molecule has 1 heterocycles. The quantitative estimate of drug-likeness (QED) is 0.579. The van der Waals surface area contributed by atoms with Gasteiger partial charge in [0.05, 0.1) is 6.26 Å². The van der Waals surface area contributed by atoms with Gasteiger partial charge in [-0.15, -0.1) is 0 Å². The second-order valence-electron chi connectivity index (χ2n) is 5.86. The van der Waals surface area contributed by atoms with Crippen molar-refractivity contribution in [3.63, 3.8) is 0 Å². The van der Waals surface area contributed by atoms with E-state index in [2.05, 4.69) is 5.32 Å². The van der Waals surface area contributed by atoms with Crippen LogP contribution in [0.15, 0.2) is 71.3 Å². The zero-order valence-electron chi connectivity index (χ0n) is 14.9. The van der Waals surface area contributed by atoms with E-state index in [0.717, 1.165) is 5.56 Å². The van der Waals surface area contributed by atoms with Gasteiger partial charge in [0, 0.05) is 17.1 Å². The van der Waals surface area contributed by atoms with Crippen molar-refractivity contribution in [1.82, 2.24) is 5.32 Å². The first-order chi connectivity index (χ1) is 13.6. The number of nitrogens with one attached hydrogen (secondary N) is 1. The van der Waals surface area contributed by atoms with Gasteiger partial charge in [-0.3, -0.25) is 4.79 Å². The van der Waals surface area contributed by atoms with Gasteiger partial charge in [0.15, 0.2) is 6.61 Å². The third-order valence-electron chi connectivity index (χ3n) is 3.78. The molecule has 6 nitrogen and oxygen atoms in total. The van der Waals surface area contributed by atoms with E-state index in [1.807, 2.05) is 36.4 Å². The summed E-state index contributed by atoms with van der Waals surface area (Å²) >= 11 is 5.90. The van der Waals surface area contributed by atoms with E-state index in [1.165, 1.54) is 6.26 Å². The Morgan fingerprint density at radius 3 is 2.64 bits per heavy atom. The Hall–Kier alpha value is -3.25. The van der Waals surface area contributed by atoms with Crippen LogP contribution in [-0.2, 0) is 22.7 Å². The van der Waals surface area contributed by atoms with E-state index in [4.69, 9.17) is 25.5 Å². The third kappa shape index (κ3) is 5.62. The molecular formula is C21H18ClNO5. The second-order valence-corrected chi connectivity index (χ2v) is 6.30. The van der Waals surface area contributed by atoms with Crippen molar-refractivity contribution < 1.29 is 23.5 Å². The molecule has 3 aromatic rings. The van der Waals surface area contributed by atoms with Gasteiger partial charge in [-0.25, -0.2) is 4.79 Å². The normalized spacial score (nSPS) is 10.3. The molecule has 3 rings (SSSR count). The lowest BCUT2D eigenvalue weighted by Gasteiger charge is -2.08. The van der Waals surface area contributed by atoms with Gasteiger partial charge in [0.2, 0.25) is 5.76 Å². The van der Waals surface area contributed by atoms with Gasteiger partial charge in [-0.1, -0.05) is 41.9 Å². The molecule has 0 bridgehead atoms. The minimum atomic E-state index is -0.727. The number of benzene rings is 2. The molecule has 144 valence electrons. The molecule has 0 radical (unpaired) electrons. The van der Waals surface area contributed by atoms with Crippen molar-refractivity contribution >= 4 is 23.5 Å². The Balaban J connectivity index is 1.47. The van der Waals surface area contributed by atoms with Gasteiger partial charge in [0.1, 0.15) is 12.4 Å². The Kier molecular flexibility index (Phi) is 6.70. The number of ether oxygens (including phenoxy) is 2. The van der Waals surface area contributed by atoms with Gasteiger partial charge in [-0.05, 0) is 35.9 Å². The molecule has 0 spiro atoms. The first kappa shape index (κ1) is 19.5. The van der Waals surface area contributed by atoms with E-state index < -0.39 is 18.5 Å². The predicted octanol–water partition coefficient (Wildman–Crippen LogP) is 3.99. The third-order valence-corrected chi connectivity index (χ3v) is 4.02. The molecule has 0 fully saturated rings. The molecule has 2 aromatic carbocycles. The van der Waals surface area contributed by atoms with Crippen molar-refractivity contribution in [3.05, 3.63) is 88.8 Å². The van der Waals surface area contributed by atoms with Crippen molar-refractivity contribution in [2.45, 2.75) is 13.2 Å². The first-order valence-electron chi connectivity index (χ1n) is 8.54. The number of esters is 1. The molecule has 0 saturated carbocycles. The van der Waals surface area contributed by atoms with Crippen LogP contribution in [0.1, 0.15) is 21.7 Å². The maximum Gasteiger partial charge on any atom is 0.375 e. The summed E-state index contributed by atoms with van der Waals surface area (Å²) in [7, 11) is 0. The van der Waals surface area contributed by atoms with Crippen LogP contribution in [0.3, 0.4) is 0 Å². The van der Waals surface area contributed by atoms with E-state index in [-0.39, 0.29) is 18.9 Å². The topological polar surface area (TPSA) is 77.8 Å². The van der Waals surface area contributed by atoms with Crippen LogP contribution in [0, 0.1) is 0 Å². The summed E-state index contributed by atoms with van der Waals surface area (Å²) in [5, 5.41) is 3.24. The van der Waals surface area contributed by atoms with Gasteiger partial charge >= 0.3 is 5.97 Å². The summed E-state index contributed by atoms with van der Waals surface area (Å²) < 4.78 is 15.8. The van der Waals surface area contributed by atoms with E-state index in [9.17, 15) is 9.59 Å². The summed E-state index contributed by atoms with van der Waals surface area (Å²) in [5.74, 6) is -0.474. The highest BCUT2D eigenvalue weighted by molar-refractivity contribution is 6.30. The number of rotatable bonds is 8. The van der Waals surface area contributed by atoms with E-state index in [0.29, 0.717) is 16.3 Å². The molecule has 0 saturated heterocycles. The highest BCUT2D eigenvalue weighted by atomic mass is 35.5. The lowest BCUT2D eigenvalue weighted by molar-refractivity contribution is -0.124. The zero-order chi connectivity index (χ0) is 19.8. The standard InChI is InChI=1S/C21H18ClNO5/c22-17-6-4-5-15(11-17)12-23-19(24)14-28-21(25)20-16(9-10-26-20)13-27-18-7-2-1-3-8-18/h1-11H,12-14H2,(H,23,24). The number of furan rings is 1. The molecule has 1 amide bonds. The van der Waals surface area contributed by atoms with Crippen LogP contribution in [-0.4, -0.2) is 18.5 Å². The van der Waals surface area contributed by atoms with Crippen LogP contribution in [0.5, 0.6) is 5.75 Å². The van der Waals surface area contributed by atoms with Crippen LogP contribution in [0.4, 0.5) is 0 Å². The minimum absolute atomic E-state index is 0.0126. The lowest BCUT2D eigenvalue weighted by atomic mass is 10.2. The summed E-state index contributed by atoms with van der Waals surface area (Å²) in [6.45, 7) is 0.0128.